The predicted octanol–water partition coefficient (Wildman–Crippen LogP) is 3.72. The molecule has 1 atom stereocenters. The first-order chi connectivity index (χ1) is 8.60. The number of rotatable bonds is 4. The summed E-state index contributed by atoms with van der Waals surface area (Å²) in [6.07, 6.45) is 4.46. The van der Waals surface area contributed by atoms with Gasteiger partial charge in [-0.1, -0.05) is 0 Å². The van der Waals surface area contributed by atoms with Gasteiger partial charge in [0.15, 0.2) is 0 Å². The van der Waals surface area contributed by atoms with Gasteiger partial charge in [0.25, 0.3) is 0 Å². The zero-order valence-corrected chi connectivity index (χ0v) is 13.8. The Bertz CT molecular complexity index is 522. The van der Waals surface area contributed by atoms with Crippen molar-refractivity contribution in [2.24, 2.45) is 5.84 Å². The number of thiophene rings is 1. The maximum Gasteiger partial charge on any atom is 0.0731 e. The highest BCUT2D eigenvalue weighted by Crippen LogP contribution is 2.32. The van der Waals surface area contributed by atoms with Crippen LogP contribution in [0.15, 0.2) is 32.8 Å². The van der Waals surface area contributed by atoms with Crippen LogP contribution in [0.25, 0.3) is 0 Å². The number of hydrogen-bond donors (Lipinski definition) is 2. The van der Waals surface area contributed by atoms with Crippen molar-refractivity contribution in [3.8, 4) is 0 Å². The van der Waals surface area contributed by atoms with Gasteiger partial charge in [-0.15, -0.1) is 11.3 Å². The van der Waals surface area contributed by atoms with E-state index in [-0.39, 0.29) is 6.04 Å². The van der Waals surface area contributed by atoms with E-state index >= 15 is 0 Å². The molecule has 1 unspecified atom stereocenters. The van der Waals surface area contributed by atoms with E-state index < -0.39 is 0 Å². The average Bonchev–Trinajstić information content (AvgIpc) is 2.66. The summed E-state index contributed by atoms with van der Waals surface area (Å²) in [4.78, 5) is 5.39. The van der Waals surface area contributed by atoms with Gasteiger partial charge in [0.05, 0.1) is 9.83 Å². The molecule has 0 aliphatic carbocycles. The highest BCUT2D eigenvalue weighted by molar-refractivity contribution is 9.11. The van der Waals surface area contributed by atoms with Gasteiger partial charge in [0.1, 0.15) is 0 Å². The molecule has 0 aliphatic rings. The van der Waals surface area contributed by atoms with Crippen LogP contribution in [0.2, 0.25) is 0 Å². The van der Waals surface area contributed by atoms with Crippen molar-refractivity contribution in [3.63, 3.8) is 0 Å². The third-order valence-electron chi connectivity index (χ3n) is 2.62. The highest BCUT2D eigenvalue weighted by Gasteiger charge is 2.15. The van der Waals surface area contributed by atoms with Crippen LogP contribution in [0.1, 0.15) is 22.0 Å². The Morgan fingerprint density at radius 1 is 1.39 bits per heavy atom. The zero-order chi connectivity index (χ0) is 13.1. The zero-order valence-electron chi connectivity index (χ0n) is 9.78. The quantitative estimate of drug-likeness (QED) is 0.617. The lowest BCUT2D eigenvalue weighted by molar-refractivity contribution is 0.559. The smallest absolute Gasteiger partial charge is 0.0731 e. The fraction of sp³-hybridized carbons (Fsp3) is 0.250. The molecule has 2 aromatic heterocycles. The number of nitrogens with one attached hydrogen (secondary N) is 1. The van der Waals surface area contributed by atoms with Crippen LogP contribution in [-0.4, -0.2) is 4.98 Å². The van der Waals surface area contributed by atoms with Gasteiger partial charge >= 0.3 is 0 Å². The van der Waals surface area contributed by atoms with Crippen molar-refractivity contribution in [3.05, 3.63) is 48.8 Å². The Hall–Kier alpha value is -0.270. The van der Waals surface area contributed by atoms with E-state index in [1.165, 1.54) is 10.4 Å². The van der Waals surface area contributed by atoms with E-state index in [1.54, 1.807) is 17.5 Å². The fourth-order valence-electron chi connectivity index (χ4n) is 1.70. The molecule has 0 aliphatic heterocycles. The monoisotopic (exact) mass is 389 g/mol. The number of hydrogen-bond acceptors (Lipinski definition) is 4. The fourth-order valence-corrected chi connectivity index (χ4v) is 3.74. The van der Waals surface area contributed by atoms with Crippen molar-refractivity contribution in [2.45, 2.75) is 19.4 Å². The Labute approximate surface area is 127 Å². The van der Waals surface area contributed by atoms with Crippen molar-refractivity contribution in [1.82, 2.24) is 10.4 Å². The average molecular weight is 391 g/mol. The van der Waals surface area contributed by atoms with Crippen molar-refractivity contribution < 1.29 is 0 Å². The van der Waals surface area contributed by atoms with Crippen LogP contribution in [-0.2, 0) is 6.42 Å². The first-order valence-corrected chi connectivity index (χ1v) is 7.81. The number of aryl methyl sites for hydroxylation is 1. The molecule has 0 saturated carbocycles. The van der Waals surface area contributed by atoms with Crippen LogP contribution < -0.4 is 11.3 Å². The van der Waals surface area contributed by atoms with E-state index in [2.05, 4.69) is 61.3 Å². The molecule has 0 bridgehead atoms. The standard InChI is InChI=1S/C12H13Br2N3S/c1-7-2-11(18-12(7)14)10(17-15)4-8-3-9(13)6-16-5-8/h2-3,5-6,10,17H,4,15H2,1H3. The molecule has 2 aromatic rings. The maximum absolute atomic E-state index is 5.66. The number of hydrazine groups is 1. The summed E-state index contributed by atoms with van der Waals surface area (Å²) in [7, 11) is 0. The molecular weight excluding hydrogens is 378 g/mol. The molecule has 3 N–H and O–H groups in total. The lowest BCUT2D eigenvalue weighted by atomic mass is 10.1. The minimum absolute atomic E-state index is 0.107. The normalized spacial score (nSPS) is 12.7. The molecule has 0 saturated heterocycles. The molecule has 2 heterocycles. The van der Waals surface area contributed by atoms with Crippen molar-refractivity contribution >= 4 is 43.2 Å². The van der Waals surface area contributed by atoms with E-state index in [9.17, 15) is 0 Å². The second-order valence-corrected chi connectivity index (χ2v) is 7.36. The van der Waals surface area contributed by atoms with E-state index in [0.29, 0.717) is 0 Å². The van der Waals surface area contributed by atoms with Crippen LogP contribution in [0, 0.1) is 6.92 Å². The molecule has 6 heteroatoms. The Kier molecular flexibility index (Phi) is 4.91. The summed E-state index contributed by atoms with van der Waals surface area (Å²) >= 11 is 8.68. The first kappa shape index (κ1) is 14.1. The lowest BCUT2D eigenvalue weighted by Crippen LogP contribution is -2.29. The largest absolute Gasteiger partial charge is 0.271 e. The first-order valence-electron chi connectivity index (χ1n) is 5.41. The second kappa shape index (κ2) is 6.25. The number of halogens is 2. The van der Waals surface area contributed by atoms with Crippen LogP contribution in [0.3, 0.4) is 0 Å². The second-order valence-electron chi connectivity index (χ2n) is 4.04. The summed E-state index contributed by atoms with van der Waals surface area (Å²) in [6, 6.07) is 4.33. The SMILES string of the molecule is Cc1cc(C(Cc2cncc(Br)c2)NN)sc1Br. The van der Waals surface area contributed by atoms with E-state index in [1.807, 2.05) is 6.20 Å². The van der Waals surface area contributed by atoms with Crippen molar-refractivity contribution in [1.29, 1.82) is 0 Å². The van der Waals surface area contributed by atoms with Crippen molar-refractivity contribution in [2.75, 3.05) is 0 Å². The third-order valence-corrected chi connectivity index (χ3v) is 5.31. The maximum atomic E-state index is 5.66. The third kappa shape index (κ3) is 3.39. The molecule has 3 nitrogen and oxygen atoms in total. The number of nitrogens with two attached hydrogens (primary N) is 1. The molecule has 0 amide bonds. The lowest BCUT2D eigenvalue weighted by Gasteiger charge is -2.14. The Morgan fingerprint density at radius 3 is 2.72 bits per heavy atom. The summed E-state index contributed by atoms with van der Waals surface area (Å²) in [5.41, 5.74) is 5.26. The molecule has 96 valence electrons. The van der Waals surface area contributed by atoms with Gasteiger partial charge in [0.2, 0.25) is 0 Å². The van der Waals surface area contributed by atoms with Gasteiger partial charge in [-0.05, 0) is 68.5 Å². The van der Waals surface area contributed by atoms with Gasteiger partial charge in [-0.3, -0.25) is 16.3 Å². The Balaban J connectivity index is 2.19. The van der Waals surface area contributed by atoms with Crippen LogP contribution in [0.5, 0.6) is 0 Å². The summed E-state index contributed by atoms with van der Waals surface area (Å²) < 4.78 is 2.14. The summed E-state index contributed by atoms with van der Waals surface area (Å²) in [5.74, 6) is 5.66. The molecule has 0 spiro atoms. The summed E-state index contributed by atoms with van der Waals surface area (Å²) in [6.45, 7) is 2.08. The molecule has 0 radical (unpaired) electrons. The van der Waals surface area contributed by atoms with E-state index in [0.717, 1.165) is 20.2 Å². The van der Waals surface area contributed by atoms with Gasteiger partial charge in [-0.25, -0.2) is 0 Å². The van der Waals surface area contributed by atoms with Gasteiger partial charge < -0.3 is 0 Å². The highest BCUT2D eigenvalue weighted by atomic mass is 79.9. The van der Waals surface area contributed by atoms with Gasteiger partial charge in [-0.2, -0.15) is 0 Å². The van der Waals surface area contributed by atoms with Gasteiger partial charge in [0, 0.05) is 21.7 Å². The number of nitrogens with zero attached hydrogens (tertiary/aromatic N) is 1. The number of aromatic nitrogens is 1. The molecular formula is C12H13Br2N3S. The minimum atomic E-state index is 0.107. The van der Waals surface area contributed by atoms with Crippen LogP contribution in [0.4, 0.5) is 0 Å². The molecule has 2 rings (SSSR count). The molecule has 0 aromatic carbocycles. The number of pyridine rings is 1. The van der Waals surface area contributed by atoms with Crippen LogP contribution >= 0.6 is 43.2 Å². The topological polar surface area (TPSA) is 50.9 Å². The predicted molar refractivity (Wildman–Crippen MR) is 82.5 cm³/mol. The minimum Gasteiger partial charge on any atom is -0.271 e. The molecule has 0 fully saturated rings. The Morgan fingerprint density at radius 2 is 2.17 bits per heavy atom. The molecule has 18 heavy (non-hydrogen) atoms. The van der Waals surface area contributed by atoms with E-state index in [4.69, 9.17) is 5.84 Å². The summed E-state index contributed by atoms with van der Waals surface area (Å²) in [5, 5.41) is 0.